The molecule has 1 saturated heterocycles. The van der Waals surface area contributed by atoms with E-state index < -0.39 is 11.7 Å². The molecule has 1 aromatic carbocycles. The second kappa shape index (κ2) is 6.18. The van der Waals surface area contributed by atoms with Gasteiger partial charge >= 0.3 is 6.03 Å². The minimum Gasteiger partial charge on any atom is -0.366 e. The Bertz CT molecular complexity index is 634. The summed E-state index contributed by atoms with van der Waals surface area (Å²) in [6, 6.07) is 4.00. The number of nitrogens with one attached hydrogen (secondary N) is 1. The number of hydrogen-bond acceptors (Lipinski definition) is 2. The van der Waals surface area contributed by atoms with Crippen LogP contribution in [0.15, 0.2) is 18.2 Å². The Balaban J connectivity index is 1.75. The second-order valence-corrected chi connectivity index (χ2v) is 6.59. The van der Waals surface area contributed by atoms with E-state index in [9.17, 15) is 14.0 Å². The molecule has 124 valence electrons. The van der Waals surface area contributed by atoms with Crippen molar-refractivity contribution in [2.75, 3.05) is 5.32 Å². The van der Waals surface area contributed by atoms with Crippen LogP contribution in [0.25, 0.3) is 0 Å². The Hall–Kier alpha value is -2.11. The van der Waals surface area contributed by atoms with Gasteiger partial charge in [0.15, 0.2) is 0 Å². The van der Waals surface area contributed by atoms with E-state index in [0.29, 0.717) is 5.92 Å². The number of halogens is 1. The SMILES string of the molecule is C[C@@H]1C[C@@H]2CCCC[C@@H]2N1C(=O)Nc1ccc(C(N)=O)cc1F. The lowest BCUT2D eigenvalue weighted by Gasteiger charge is -2.33. The molecule has 1 aromatic rings. The summed E-state index contributed by atoms with van der Waals surface area (Å²) < 4.78 is 14.0. The van der Waals surface area contributed by atoms with Crippen molar-refractivity contribution in [2.45, 2.75) is 51.1 Å². The molecule has 3 amide bonds. The highest BCUT2D eigenvalue weighted by molar-refractivity contribution is 5.94. The molecule has 6 heteroatoms. The van der Waals surface area contributed by atoms with Crippen LogP contribution in [0.2, 0.25) is 0 Å². The van der Waals surface area contributed by atoms with Gasteiger partial charge in [0.05, 0.1) is 5.69 Å². The molecular formula is C17H22FN3O2. The summed E-state index contributed by atoms with van der Waals surface area (Å²) >= 11 is 0. The zero-order chi connectivity index (χ0) is 16.6. The number of anilines is 1. The number of nitrogens with two attached hydrogens (primary N) is 1. The van der Waals surface area contributed by atoms with Crippen LogP contribution in [0, 0.1) is 11.7 Å². The van der Waals surface area contributed by atoms with E-state index in [4.69, 9.17) is 5.73 Å². The Morgan fingerprint density at radius 3 is 2.74 bits per heavy atom. The number of nitrogens with zero attached hydrogens (tertiary/aromatic N) is 1. The van der Waals surface area contributed by atoms with E-state index in [2.05, 4.69) is 5.32 Å². The van der Waals surface area contributed by atoms with Crippen molar-refractivity contribution in [3.05, 3.63) is 29.6 Å². The predicted octanol–water partition coefficient (Wildman–Crippen LogP) is 3.11. The monoisotopic (exact) mass is 319 g/mol. The van der Waals surface area contributed by atoms with Crippen molar-refractivity contribution < 1.29 is 14.0 Å². The molecule has 0 radical (unpaired) electrons. The summed E-state index contributed by atoms with van der Waals surface area (Å²) in [6.45, 7) is 2.05. The first-order chi connectivity index (χ1) is 11.0. The lowest BCUT2D eigenvalue weighted by molar-refractivity contribution is 0.1000. The largest absolute Gasteiger partial charge is 0.366 e. The zero-order valence-corrected chi connectivity index (χ0v) is 13.2. The topological polar surface area (TPSA) is 75.4 Å². The molecule has 0 unspecified atom stereocenters. The minimum atomic E-state index is -0.694. The summed E-state index contributed by atoms with van der Waals surface area (Å²) in [5.74, 6) is -0.784. The molecule has 1 aliphatic heterocycles. The van der Waals surface area contributed by atoms with Gasteiger partial charge in [-0.1, -0.05) is 12.8 Å². The maximum atomic E-state index is 14.0. The van der Waals surface area contributed by atoms with Crippen molar-refractivity contribution in [3.63, 3.8) is 0 Å². The average molecular weight is 319 g/mol. The number of rotatable bonds is 2. The molecule has 0 aromatic heterocycles. The van der Waals surface area contributed by atoms with Gasteiger partial charge in [0, 0.05) is 17.6 Å². The highest BCUT2D eigenvalue weighted by Crippen LogP contribution is 2.39. The van der Waals surface area contributed by atoms with E-state index in [-0.39, 0.29) is 29.4 Å². The van der Waals surface area contributed by atoms with Crippen molar-refractivity contribution >= 4 is 17.6 Å². The third-order valence-electron chi connectivity index (χ3n) is 5.07. The molecule has 3 rings (SSSR count). The molecule has 0 bridgehead atoms. The van der Waals surface area contributed by atoms with Crippen molar-refractivity contribution in [1.82, 2.24) is 4.90 Å². The molecule has 1 aliphatic carbocycles. The summed E-state index contributed by atoms with van der Waals surface area (Å²) in [5.41, 5.74) is 5.28. The Morgan fingerprint density at radius 2 is 2.04 bits per heavy atom. The molecule has 3 atom stereocenters. The van der Waals surface area contributed by atoms with Gasteiger partial charge in [0.1, 0.15) is 5.82 Å². The lowest BCUT2D eigenvalue weighted by atomic mass is 9.85. The quantitative estimate of drug-likeness (QED) is 0.879. The van der Waals surface area contributed by atoms with E-state index >= 15 is 0 Å². The van der Waals surface area contributed by atoms with Gasteiger partial charge < -0.3 is 16.0 Å². The van der Waals surface area contributed by atoms with Gasteiger partial charge in [0.2, 0.25) is 5.91 Å². The first kappa shape index (κ1) is 15.8. The molecule has 2 aliphatic rings. The van der Waals surface area contributed by atoms with Crippen LogP contribution in [-0.2, 0) is 0 Å². The zero-order valence-electron chi connectivity index (χ0n) is 13.2. The van der Waals surface area contributed by atoms with Gasteiger partial charge in [-0.2, -0.15) is 0 Å². The molecular weight excluding hydrogens is 297 g/mol. The maximum absolute atomic E-state index is 14.0. The van der Waals surface area contributed by atoms with Crippen molar-refractivity contribution in [2.24, 2.45) is 11.7 Å². The van der Waals surface area contributed by atoms with Gasteiger partial charge in [-0.15, -0.1) is 0 Å². The number of fused-ring (bicyclic) bond motifs is 1. The van der Waals surface area contributed by atoms with Crippen LogP contribution in [-0.4, -0.2) is 28.9 Å². The third kappa shape index (κ3) is 3.02. The van der Waals surface area contributed by atoms with Crippen molar-refractivity contribution in [3.8, 4) is 0 Å². The maximum Gasteiger partial charge on any atom is 0.322 e. The number of carbonyl (C=O) groups excluding carboxylic acids is 2. The van der Waals surface area contributed by atoms with Crippen molar-refractivity contribution in [1.29, 1.82) is 0 Å². The Morgan fingerprint density at radius 1 is 1.30 bits per heavy atom. The fourth-order valence-electron chi connectivity index (χ4n) is 4.01. The van der Waals surface area contributed by atoms with Crippen LogP contribution >= 0.6 is 0 Å². The van der Waals surface area contributed by atoms with Crippen LogP contribution in [0.1, 0.15) is 49.4 Å². The lowest BCUT2D eigenvalue weighted by Crippen LogP contribution is -2.44. The fourth-order valence-corrected chi connectivity index (χ4v) is 4.01. The highest BCUT2D eigenvalue weighted by Gasteiger charge is 2.42. The number of primary amides is 1. The van der Waals surface area contributed by atoms with Crippen LogP contribution < -0.4 is 11.1 Å². The van der Waals surface area contributed by atoms with Crippen LogP contribution in [0.5, 0.6) is 0 Å². The smallest absolute Gasteiger partial charge is 0.322 e. The summed E-state index contributed by atoms with van der Waals surface area (Å²) in [4.78, 5) is 25.5. The number of likely N-dealkylation sites (tertiary alicyclic amines) is 1. The first-order valence-electron chi connectivity index (χ1n) is 8.16. The number of carbonyl (C=O) groups is 2. The third-order valence-corrected chi connectivity index (χ3v) is 5.07. The molecule has 5 nitrogen and oxygen atoms in total. The summed E-state index contributed by atoms with van der Waals surface area (Å²) in [6.07, 6.45) is 5.57. The summed E-state index contributed by atoms with van der Waals surface area (Å²) in [5, 5.41) is 2.64. The van der Waals surface area contributed by atoms with E-state index in [1.807, 2.05) is 11.8 Å². The normalized spacial score (nSPS) is 26.7. The van der Waals surface area contributed by atoms with E-state index in [1.54, 1.807) is 0 Å². The predicted molar refractivity (Wildman–Crippen MR) is 85.6 cm³/mol. The molecule has 23 heavy (non-hydrogen) atoms. The van der Waals surface area contributed by atoms with E-state index in [0.717, 1.165) is 25.3 Å². The van der Waals surface area contributed by atoms with Crippen LogP contribution in [0.4, 0.5) is 14.9 Å². The van der Waals surface area contributed by atoms with Crippen LogP contribution in [0.3, 0.4) is 0 Å². The number of hydrogen-bond donors (Lipinski definition) is 2. The van der Waals surface area contributed by atoms with Gasteiger partial charge in [-0.3, -0.25) is 4.79 Å². The molecule has 1 saturated carbocycles. The minimum absolute atomic E-state index is 0.0754. The van der Waals surface area contributed by atoms with Gasteiger partial charge in [-0.05, 0) is 50.3 Å². The number of benzene rings is 1. The van der Waals surface area contributed by atoms with Gasteiger partial charge in [0.25, 0.3) is 0 Å². The molecule has 1 heterocycles. The number of amides is 3. The highest BCUT2D eigenvalue weighted by atomic mass is 19.1. The molecule has 3 N–H and O–H groups in total. The van der Waals surface area contributed by atoms with Gasteiger partial charge in [-0.25, -0.2) is 9.18 Å². The summed E-state index contributed by atoms with van der Waals surface area (Å²) in [7, 11) is 0. The fraction of sp³-hybridized carbons (Fsp3) is 0.529. The second-order valence-electron chi connectivity index (χ2n) is 6.59. The number of urea groups is 1. The Labute approximate surface area is 135 Å². The average Bonchev–Trinajstić information content (AvgIpc) is 2.84. The first-order valence-corrected chi connectivity index (χ1v) is 8.16. The molecule has 2 fully saturated rings. The molecule has 0 spiro atoms. The standard InChI is InChI=1S/C17H22FN3O2/c1-10-8-11-4-2-3-5-15(11)21(10)17(23)20-14-7-6-12(16(19)22)9-13(14)18/h6-7,9-11,15H,2-5,8H2,1H3,(H2,19,22)(H,20,23)/t10-,11+,15+/m1/s1. The van der Waals surface area contributed by atoms with E-state index in [1.165, 1.54) is 25.0 Å². The Kier molecular flexibility index (Phi) is 4.24.